The van der Waals surface area contributed by atoms with E-state index >= 15 is 0 Å². The summed E-state index contributed by atoms with van der Waals surface area (Å²) in [4.78, 5) is 12.6. The van der Waals surface area contributed by atoms with Crippen molar-refractivity contribution >= 4 is 11.8 Å². The molecule has 0 aliphatic rings. The summed E-state index contributed by atoms with van der Waals surface area (Å²) >= 11 is 1.47. The minimum atomic E-state index is -0.178. The Morgan fingerprint density at radius 3 is 2.84 bits per heavy atom. The van der Waals surface area contributed by atoms with Crippen LogP contribution in [0.5, 0.6) is 0 Å². The van der Waals surface area contributed by atoms with Crippen molar-refractivity contribution in [1.82, 2.24) is 14.8 Å². The summed E-state index contributed by atoms with van der Waals surface area (Å²) in [6.07, 6.45) is 0.874. The van der Waals surface area contributed by atoms with Gasteiger partial charge in [0.1, 0.15) is 0 Å². The average molecular weight is 278 g/mol. The molecular formula is C13H18N4OS. The van der Waals surface area contributed by atoms with Crippen molar-refractivity contribution in [1.29, 1.82) is 0 Å². The third-order valence-corrected chi connectivity index (χ3v) is 4.08. The smallest absolute Gasteiger partial charge is 0.324 e. The Kier molecular flexibility index (Phi) is 4.44. The van der Waals surface area contributed by atoms with Gasteiger partial charge in [0, 0.05) is 17.5 Å². The number of aromatic amines is 1. The fourth-order valence-electron chi connectivity index (χ4n) is 1.86. The van der Waals surface area contributed by atoms with Crippen molar-refractivity contribution in [3.8, 4) is 0 Å². The van der Waals surface area contributed by atoms with Crippen molar-refractivity contribution in [2.75, 3.05) is 0 Å². The van der Waals surface area contributed by atoms with E-state index in [-0.39, 0.29) is 11.7 Å². The molecule has 0 spiro atoms. The lowest BCUT2D eigenvalue weighted by atomic mass is 10.1. The third kappa shape index (κ3) is 2.90. The topological polar surface area (TPSA) is 76.7 Å². The molecule has 3 N–H and O–H groups in total. The second-order valence-electron chi connectivity index (χ2n) is 4.21. The van der Waals surface area contributed by atoms with Gasteiger partial charge in [-0.25, -0.2) is 9.89 Å². The molecule has 1 aromatic heterocycles. The minimum absolute atomic E-state index is 0.00411. The Labute approximate surface area is 116 Å². The van der Waals surface area contributed by atoms with Crippen LogP contribution in [0.4, 0.5) is 0 Å². The molecule has 0 radical (unpaired) electrons. The maximum atomic E-state index is 11.5. The van der Waals surface area contributed by atoms with Gasteiger partial charge in [-0.05, 0) is 36.7 Å². The Hall–Kier alpha value is -1.53. The van der Waals surface area contributed by atoms with Gasteiger partial charge in [-0.15, -0.1) is 5.10 Å². The highest BCUT2D eigenvalue weighted by Crippen LogP contribution is 2.31. The Balaban J connectivity index is 2.35. The van der Waals surface area contributed by atoms with Gasteiger partial charge in [-0.2, -0.15) is 0 Å². The van der Waals surface area contributed by atoms with Gasteiger partial charge in [-0.1, -0.05) is 25.1 Å². The molecule has 6 heteroatoms. The molecular weight excluding hydrogens is 260 g/mol. The molecule has 0 saturated heterocycles. The predicted molar refractivity (Wildman–Crippen MR) is 76.3 cm³/mol. The first-order chi connectivity index (χ1) is 9.17. The molecule has 0 unspecified atom stereocenters. The lowest BCUT2D eigenvalue weighted by Gasteiger charge is -2.13. The number of H-pyrrole nitrogens is 1. The molecule has 0 saturated carbocycles. The number of benzene rings is 1. The van der Waals surface area contributed by atoms with Crippen LogP contribution in [-0.4, -0.2) is 14.8 Å². The molecule has 2 rings (SSSR count). The fraction of sp³-hybridized carbons (Fsp3) is 0.385. The van der Waals surface area contributed by atoms with Crippen LogP contribution in [0.25, 0.3) is 0 Å². The first-order valence-corrected chi connectivity index (χ1v) is 7.16. The van der Waals surface area contributed by atoms with E-state index in [9.17, 15) is 4.79 Å². The van der Waals surface area contributed by atoms with E-state index in [0.29, 0.717) is 11.7 Å². The first-order valence-electron chi connectivity index (χ1n) is 6.34. The van der Waals surface area contributed by atoms with Gasteiger partial charge >= 0.3 is 5.69 Å². The van der Waals surface area contributed by atoms with Crippen molar-refractivity contribution in [3.63, 3.8) is 0 Å². The molecule has 0 bridgehead atoms. The number of hydrogen-bond donors (Lipinski definition) is 2. The molecule has 0 fully saturated rings. The zero-order chi connectivity index (χ0) is 13.8. The molecule has 1 aromatic carbocycles. The van der Waals surface area contributed by atoms with E-state index in [1.807, 2.05) is 31.2 Å². The molecule has 19 heavy (non-hydrogen) atoms. The molecule has 5 nitrogen and oxygen atoms in total. The van der Waals surface area contributed by atoms with Crippen LogP contribution in [-0.2, 0) is 6.54 Å². The lowest BCUT2D eigenvalue weighted by molar-refractivity contribution is 0.658. The second kappa shape index (κ2) is 6.08. The summed E-state index contributed by atoms with van der Waals surface area (Å²) in [5.74, 6) is 0. The molecule has 0 aliphatic carbocycles. The zero-order valence-corrected chi connectivity index (χ0v) is 11.9. The van der Waals surface area contributed by atoms with E-state index in [0.717, 1.165) is 16.9 Å². The highest BCUT2D eigenvalue weighted by Gasteiger charge is 2.13. The molecule has 102 valence electrons. The molecule has 0 amide bonds. The Bertz CT molecular complexity index is 605. The van der Waals surface area contributed by atoms with Crippen LogP contribution < -0.4 is 11.4 Å². The quantitative estimate of drug-likeness (QED) is 0.878. The SMILES string of the molecule is CC[C@H](N)c1ccccc1Sc1n[nH]c(=O)n1CC. The number of nitrogens with two attached hydrogens (primary N) is 1. The number of rotatable bonds is 5. The zero-order valence-electron chi connectivity index (χ0n) is 11.1. The number of nitrogens with one attached hydrogen (secondary N) is 1. The Morgan fingerprint density at radius 2 is 2.16 bits per heavy atom. The van der Waals surface area contributed by atoms with E-state index in [1.54, 1.807) is 4.57 Å². The number of hydrogen-bond acceptors (Lipinski definition) is 4. The van der Waals surface area contributed by atoms with Crippen molar-refractivity contribution in [2.45, 2.75) is 42.9 Å². The summed E-state index contributed by atoms with van der Waals surface area (Å²) < 4.78 is 1.61. The number of aromatic nitrogens is 3. The highest BCUT2D eigenvalue weighted by atomic mass is 32.2. The monoisotopic (exact) mass is 278 g/mol. The maximum absolute atomic E-state index is 11.5. The van der Waals surface area contributed by atoms with E-state index in [4.69, 9.17) is 5.73 Å². The van der Waals surface area contributed by atoms with Gasteiger partial charge in [0.25, 0.3) is 0 Å². The first kappa shape index (κ1) is 13.9. The Morgan fingerprint density at radius 1 is 1.42 bits per heavy atom. The fourth-order valence-corrected chi connectivity index (χ4v) is 2.95. The average Bonchev–Trinajstić information content (AvgIpc) is 2.79. The molecule has 1 heterocycles. The van der Waals surface area contributed by atoms with Crippen molar-refractivity contribution < 1.29 is 0 Å². The highest BCUT2D eigenvalue weighted by molar-refractivity contribution is 7.99. The minimum Gasteiger partial charge on any atom is -0.324 e. The standard InChI is InChI=1S/C13H18N4OS/c1-3-10(14)9-7-5-6-8-11(9)19-13-16-15-12(18)17(13)4-2/h5-8,10H,3-4,14H2,1-2H3,(H,15,18)/t10-/m0/s1. The largest absolute Gasteiger partial charge is 0.343 e. The van der Waals surface area contributed by atoms with Gasteiger partial charge in [0.05, 0.1) is 0 Å². The van der Waals surface area contributed by atoms with E-state index in [2.05, 4.69) is 17.1 Å². The van der Waals surface area contributed by atoms with Crippen LogP contribution in [0.1, 0.15) is 31.9 Å². The van der Waals surface area contributed by atoms with Crippen LogP contribution in [0.3, 0.4) is 0 Å². The van der Waals surface area contributed by atoms with E-state index < -0.39 is 0 Å². The summed E-state index contributed by atoms with van der Waals surface area (Å²) in [5.41, 5.74) is 7.03. The maximum Gasteiger partial charge on any atom is 0.343 e. The normalized spacial score (nSPS) is 12.6. The van der Waals surface area contributed by atoms with Crippen LogP contribution in [0, 0.1) is 0 Å². The van der Waals surface area contributed by atoms with Crippen molar-refractivity contribution in [3.05, 3.63) is 40.3 Å². The van der Waals surface area contributed by atoms with Crippen LogP contribution >= 0.6 is 11.8 Å². The summed E-state index contributed by atoms with van der Waals surface area (Å²) in [6, 6.07) is 7.98. The van der Waals surface area contributed by atoms with E-state index in [1.165, 1.54) is 11.8 Å². The van der Waals surface area contributed by atoms with Crippen molar-refractivity contribution in [2.24, 2.45) is 5.73 Å². The van der Waals surface area contributed by atoms with Crippen LogP contribution in [0.15, 0.2) is 39.1 Å². The second-order valence-corrected chi connectivity index (χ2v) is 5.22. The summed E-state index contributed by atoms with van der Waals surface area (Å²) in [7, 11) is 0. The van der Waals surface area contributed by atoms with Gasteiger partial charge in [0.15, 0.2) is 5.16 Å². The third-order valence-electron chi connectivity index (χ3n) is 3.00. The lowest BCUT2D eigenvalue weighted by Crippen LogP contribution is -2.16. The summed E-state index contributed by atoms with van der Waals surface area (Å²) in [5, 5.41) is 7.20. The van der Waals surface area contributed by atoms with Crippen LogP contribution in [0.2, 0.25) is 0 Å². The van der Waals surface area contributed by atoms with Gasteiger partial charge in [-0.3, -0.25) is 4.57 Å². The molecule has 2 aromatic rings. The summed E-state index contributed by atoms with van der Waals surface area (Å²) in [6.45, 7) is 4.58. The molecule has 1 atom stereocenters. The van der Waals surface area contributed by atoms with Gasteiger partial charge in [0.2, 0.25) is 0 Å². The molecule has 0 aliphatic heterocycles. The van der Waals surface area contributed by atoms with Gasteiger partial charge < -0.3 is 5.73 Å². The predicted octanol–water partition coefficient (Wildman–Crippen LogP) is 2.15. The number of nitrogens with zero attached hydrogens (tertiary/aromatic N) is 2.